The number of benzene rings is 2. The van der Waals surface area contributed by atoms with E-state index in [-0.39, 0.29) is 34.6 Å². The van der Waals surface area contributed by atoms with E-state index < -0.39 is 0 Å². The zero-order valence-corrected chi connectivity index (χ0v) is 15.4. The van der Waals surface area contributed by atoms with E-state index in [4.69, 9.17) is 0 Å². The molecule has 0 fully saturated rings. The first-order chi connectivity index (χ1) is 12.8. The van der Waals surface area contributed by atoms with Crippen LogP contribution in [0.15, 0.2) is 97.3 Å². The van der Waals surface area contributed by atoms with E-state index in [1.165, 1.54) is 0 Å². The van der Waals surface area contributed by atoms with Gasteiger partial charge in [-0.15, -0.1) is 0 Å². The van der Waals surface area contributed by atoms with Crippen LogP contribution >= 0.6 is 0 Å². The molecule has 4 nitrogen and oxygen atoms in total. The summed E-state index contributed by atoms with van der Waals surface area (Å²) in [6, 6.07) is 24.9. The fraction of sp³-hybridized carbons (Fsp3) is 0. The van der Waals surface area contributed by atoms with Crippen LogP contribution in [0, 0.1) is 0 Å². The molecule has 6 heteroatoms. The first-order valence-electron chi connectivity index (χ1n) is 8.10. The Labute approximate surface area is 175 Å². The zero-order chi connectivity index (χ0) is 18.2. The molecule has 0 aliphatic heterocycles. The van der Waals surface area contributed by atoms with Gasteiger partial charge in [0.1, 0.15) is 0 Å². The Morgan fingerprint density at radius 3 is 1.18 bits per heavy atom. The van der Waals surface area contributed by atoms with Crippen molar-refractivity contribution in [3.05, 3.63) is 97.3 Å². The molecule has 4 rings (SSSR count). The predicted molar refractivity (Wildman–Crippen MR) is 112 cm³/mol. The summed E-state index contributed by atoms with van der Waals surface area (Å²) in [5.74, 6) is 0.0300. The van der Waals surface area contributed by atoms with Crippen molar-refractivity contribution in [2.45, 2.75) is 0 Å². The van der Waals surface area contributed by atoms with Gasteiger partial charge in [0.2, 0.25) is 0 Å². The molecule has 0 radical (unpaired) electrons. The van der Waals surface area contributed by atoms with E-state index in [1.807, 2.05) is 48.5 Å². The van der Waals surface area contributed by atoms with Crippen LogP contribution in [-0.2, 0) is 0 Å². The van der Waals surface area contributed by atoms with Crippen molar-refractivity contribution in [1.82, 2.24) is 9.97 Å². The van der Waals surface area contributed by atoms with Gasteiger partial charge in [-0.05, 0) is 35.4 Å². The molecule has 2 heterocycles. The van der Waals surface area contributed by atoms with Gasteiger partial charge in [-0.25, -0.2) is 0 Å². The molecule has 4 aromatic rings. The van der Waals surface area contributed by atoms with Crippen molar-refractivity contribution < 1.29 is 13.1 Å². The Bertz CT molecular complexity index is 898. The fourth-order valence-corrected chi connectivity index (χ4v) is 2.40. The molecule has 0 saturated heterocycles. The molecular weight excluding hydrogens is 342 g/mol. The Morgan fingerprint density at radius 1 is 0.500 bits per heavy atom. The summed E-state index contributed by atoms with van der Waals surface area (Å²) in [6.07, 6.45) is 3.36. The van der Waals surface area contributed by atoms with E-state index >= 15 is 0 Å². The minimum Gasteiger partial charge on any atom is -1.00 e. The molecule has 0 unspecified atom stereocenters. The van der Waals surface area contributed by atoms with Gasteiger partial charge >= 0.3 is 20.2 Å². The van der Waals surface area contributed by atoms with Gasteiger partial charge in [-0.1, -0.05) is 72.2 Å². The van der Waals surface area contributed by atoms with Gasteiger partial charge in [-0.3, -0.25) is 9.97 Å². The minimum absolute atomic E-state index is 0. The molecule has 0 N–H and O–H groups in total. The van der Waals surface area contributed by atoms with E-state index in [2.05, 4.69) is 9.97 Å². The fourth-order valence-electron chi connectivity index (χ4n) is 2.40. The average Bonchev–Trinajstić information content (AvgIpc) is 2.71. The summed E-state index contributed by atoms with van der Waals surface area (Å²) in [6.45, 7) is 0. The van der Waals surface area contributed by atoms with E-state index in [9.17, 15) is 10.2 Å². The minimum atomic E-state index is 0. The number of pyridine rings is 2. The van der Waals surface area contributed by atoms with Gasteiger partial charge in [-0.2, -0.15) is 0 Å². The maximum absolute atomic E-state index is 11.4. The van der Waals surface area contributed by atoms with Gasteiger partial charge in [0.25, 0.3) is 0 Å². The van der Waals surface area contributed by atoms with Crippen molar-refractivity contribution in [1.29, 1.82) is 0 Å². The maximum Gasteiger partial charge on any atom is 2.00 e. The first kappa shape index (κ1) is 22.7. The molecule has 0 saturated carbocycles. The Balaban J connectivity index is 0. The second-order valence-electron chi connectivity index (χ2n) is 5.42. The quantitative estimate of drug-likeness (QED) is 0.515. The van der Waals surface area contributed by atoms with Crippen molar-refractivity contribution in [2.75, 3.05) is 0 Å². The number of para-hydroxylation sites is 2. The van der Waals surface area contributed by atoms with Gasteiger partial charge < -0.3 is 13.1 Å². The van der Waals surface area contributed by atoms with Crippen molar-refractivity contribution >= 4 is 20.2 Å². The van der Waals surface area contributed by atoms with Crippen LogP contribution in [-0.4, -0.2) is 30.2 Å². The molecule has 2 aromatic heterocycles. The number of hydrogen-bond acceptors (Lipinski definition) is 4. The summed E-state index contributed by atoms with van der Waals surface area (Å²) in [4.78, 5) is 8.22. The topological polar surface area (TPSA) is 71.9 Å². The maximum atomic E-state index is 11.4. The molecule has 0 aliphatic carbocycles. The van der Waals surface area contributed by atoms with Crippen LogP contribution in [0.1, 0.15) is 2.85 Å². The molecular formula is C22H18Be2N2O2. The second-order valence-corrected chi connectivity index (χ2v) is 5.42. The SMILES string of the molecule is [Be+2].[Be+2].[H-].[H-].[O-]c1ccccc1-c1ccccn1.[O-]c1ccccc1-c1ccccn1. The summed E-state index contributed by atoms with van der Waals surface area (Å²) in [5, 5.41) is 22.8. The van der Waals surface area contributed by atoms with Crippen LogP contribution in [0.5, 0.6) is 11.5 Å². The second kappa shape index (κ2) is 11.4. The molecule has 0 atom stereocenters. The molecule has 28 heavy (non-hydrogen) atoms. The molecule has 0 bridgehead atoms. The molecule has 2 aromatic carbocycles. The normalized spacial score (nSPS) is 9.14. The third kappa shape index (κ3) is 5.85. The molecule has 0 spiro atoms. The summed E-state index contributed by atoms with van der Waals surface area (Å²) in [7, 11) is 0. The van der Waals surface area contributed by atoms with Crippen molar-refractivity contribution in [3.63, 3.8) is 0 Å². The zero-order valence-electron chi connectivity index (χ0n) is 17.4. The average molecular weight is 360 g/mol. The Kier molecular flexibility index (Phi) is 9.25. The largest absolute Gasteiger partial charge is 2.00 e. The number of hydrogen-bond donors (Lipinski definition) is 0. The number of nitrogens with zero attached hydrogens (tertiary/aromatic N) is 2. The Hall–Kier alpha value is -3.32. The number of rotatable bonds is 2. The standard InChI is InChI=1S/2C11H9NO.2Be.2H/c2*13-11-7-2-1-5-9(11)10-6-3-4-8-12-10;;;;/h2*1-8,13H;;;;/q;;2*+2;2*-1/p-2. The molecule has 132 valence electrons. The van der Waals surface area contributed by atoms with E-state index in [0.29, 0.717) is 11.1 Å². The van der Waals surface area contributed by atoms with Crippen LogP contribution in [0.3, 0.4) is 0 Å². The van der Waals surface area contributed by atoms with E-state index in [1.54, 1.807) is 48.8 Å². The summed E-state index contributed by atoms with van der Waals surface area (Å²) >= 11 is 0. The Morgan fingerprint density at radius 2 is 0.857 bits per heavy atom. The van der Waals surface area contributed by atoms with Crippen LogP contribution in [0.2, 0.25) is 0 Å². The first-order valence-corrected chi connectivity index (χ1v) is 8.10. The van der Waals surface area contributed by atoms with Crippen molar-refractivity contribution in [3.8, 4) is 34.0 Å². The molecule has 0 amide bonds. The predicted octanol–water partition coefficient (Wildman–Crippen LogP) is 3.11. The van der Waals surface area contributed by atoms with E-state index in [0.717, 1.165) is 11.4 Å². The third-order valence-corrected chi connectivity index (χ3v) is 3.66. The van der Waals surface area contributed by atoms with Gasteiger partial charge in [0.15, 0.2) is 0 Å². The van der Waals surface area contributed by atoms with Crippen LogP contribution in [0.25, 0.3) is 22.5 Å². The summed E-state index contributed by atoms with van der Waals surface area (Å²) < 4.78 is 0. The van der Waals surface area contributed by atoms with Crippen molar-refractivity contribution in [2.24, 2.45) is 0 Å². The monoisotopic (exact) mass is 360 g/mol. The smallest absolute Gasteiger partial charge is 1.00 e. The molecule has 0 aliphatic rings. The number of aromatic nitrogens is 2. The van der Waals surface area contributed by atoms with Gasteiger partial charge in [0.05, 0.1) is 11.4 Å². The van der Waals surface area contributed by atoms with Crippen LogP contribution < -0.4 is 10.2 Å². The summed E-state index contributed by atoms with van der Waals surface area (Å²) in [5.41, 5.74) is 2.77. The van der Waals surface area contributed by atoms with Gasteiger partial charge in [0, 0.05) is 12.4 Å². The third-order valence-electron chi connectivity index (χ3n) is 3.66. The van der Waals surface area contributed by atoms with Crippen LogP contribution in [0.4, 0.5) is 0 Å².